The third-order valence-corrected chi connectivity index (χ3v) is 4.69. The average molecular weight is 259 g/mol. The number of hydrogen-bond acceptors (Lipinski definition) is 3. The SMILES string of the molecule is CC1C(N2CCNCC2)CCN1Cc1ccccc1. The van der Waals surface area contributed by atoms with Gasteiger partial charge in [-0.25, -0.2) is 0 Å². The molecular weight excluding hydrogens is 234 g/mol. The van der Waals surface area contributed by atoms with Gasteiger partial charge >= 0.3 is 0 Å². The second kappa shape index (κ2) is 6.04. The minimum atomic E-state index is 0.679. The van der Waals surface area contributed by atoms with E-state index in [0.717, 1.165) is 25.7 Å². The number of benzene rings is 1. The Morgan fingerprint density at radius 2 is 1.84 bits per heavy atom. The predicted octanol–water partition coefficient (Wildman–Crippen LogP) is 1.55. The zero-order valence-corrected chi connectivity index (χ0v) is 11.9. The van der Waals surface area contributed by atoms with Crippen LogP contribution in [-0.2, 0) is 6.54 Å². The molecule has 2 fully saturated rings. The van der Waals surface area contributed by atoms with Crippen LogP contribution in [0.4, 0.5) is 0 Å². The zero-order valence-electron chi connectivity index (χ0n) is 11.9. The van der Waals surface area contributed by atoms with Crippen LogP contribution >= 0.6 is 0 Å². The summed E-state index contributed by atoms with van der Waals surface area (Å²) in [7, 11) is 0. The van der Waals surface area contributed by atoms with Gasteiger partial charge in [0.2, 0.25) is 0 Å². The Morgan fingerprint density at radius 3 is 2.58 bits per heavy atom. The summed E-state index contributed by atoms with van der Waals surface area (Å²) in [5.41, 5.74) is 1.44. The fraction of sp³-hybridized carbons (Fsp3) is 0.625. The third-order valence-electron chi connectivity index (χ3n) is 4.69. The normalized spacial score (nSPS) is 29.7. The Hall–Kier alpha value is -0.900. The van der Waals surface area contributed by atoms with E-state index in [0.29, 0.717) is 6.04 Å². The maximum Gasteiger partial charge on any atom is 0.0262 e. The van der Waals surface area contributed by atoms with E-state index < -0.39 is 0 Å². The summed E-state index contributed by atoms with van der Waals surface area (Å²) in [6.07, 6.45) is 1.33. The molecule has 0 radical (unpaired) electrons. The molecule has 0 spiro atoms. The first kappa shape index (κ1) is 13.1. The van der Waals surface area contributed by atoms with Crippen molar-refractivity contribution >= 4 is 0 Å². The third kappa shape index (κ3) is 2.99. The molecule has 3 nitrogen and oxygen atoms in total. The van der Waals surface area contributed by atoms with Crippen LogP contribution in [0.1, 0.15) is 18.9 Å². The van der Waals surface area contributed by atoms with Crippen molar-refractivity contribution in [1.82, 2.24) is 15.1 Å². The van der Waals surface area contributed by atoms with E-state index >= 15 is 0 Å². The average Bonchev–Trinajstić information content (AvgIpc) is 2.82. The molecule has 1 aromatic carbocycles. The molecule has 0 aliphatic carbocycles. The monoisotopic (exact) mass is 259 g/mol. The lowest BCUT2D eigenvalue weighted by Crippen LogP contribution is -2.51. The Morgan fingerprint density at radius 1 is 1.11 bits per heavy atom. The second-order valence-electron chi connectivity index (χ2n) is 5.84. The lowest BCUT2D eigenvalue weighted by atomic mass is 10.1. The molecule has 2 aliphatic rings. The van der Waals surface area contributed by atoms with Gasteiger partial charge in [0.05, 0.1) is 0 Å². The van der Waals surface area contributed by atoms with Crippen LogP contribution < -0.4 is 5.32 Å². The Kier molecular flexibility index (Phi) is 4.16. The van der Waals surface area contributed by atoms with Crippen LogP contribution in [0.2, 0.25) is 0 Å². The van der Waals surface area contributed by atoms with Crippen molar-refractivity contribution in [2.75, 3.05) is 32.7 Å². The number of nitrogens with one attached hydrogen (secondary N) is 1. The lowest BCUT2D eigenvalue weighted by molar-refractivity contribution is 0.132. The summed E-state index contributed by atoms with van der Waals surface area (Å²) in [6, 6.07) is 12.3. The van der Waals surface area contributed by atoms with Crippen LogP contribution in [0.3, 0.4) is 0 Å². The van der Waals surface area contributed by atoms with Gasteiger partial charge in [0, 0.05) is 51.4 Å². The van der Waals surface area contributed by atoms with Gasteiger partial charge in [-0.05, 0) is 18.9 Å². The van der Waals surface area contributed by atoms with Gasteiger partial charge in [-0.1, -0.05) is 30.3 Å². The lowest BCUT2D eigenvalue weighted by Gasteiger charge is -2.36. The molecule has 0 bridgehead atoms. The molecule has 19 heavy (non-hydrogen) atoms. The molecule has 1 aromatic rings. The highest BCUT2D eigenvalue weighted by molar-refractivity contribution is 5.15. The molecule has 2 saturated heterocycles. The molecular formula is C16H25N3. The van der Waals surface area contributed by atoms with Gasteiger partial charge in [0.1, 0.15) is 0 Å². The van der Waals surface area contributed by atoms with Gasteiger partial charge in [0.25, 0.3) is 0 Å². The molecule has 2 unspecified atom stereocenters. The molecule has 0 amide bonds. The quantitative estimate of drug-likeness (QED) is 0.888. The first-order valence-corrected chi connectivity index (χ1v) is 7.57. The van der Waals surface area contributed by atoms with Gasteiger partial charge < -0.3 is 5.32 Å². The van der Waals surface area contributed by atoms with E-state index in [1.165, 1.54) is 31.6 Å². The van der Waals surface area contributed by atoms with Crippen molar-refractivity contribution in [3.8, 4) is 0 Å². The predicted molar refractivity (Wildman–Crippen MR) is 79.2 cm³/mol. The minimum absolute atomic E-state index is 0.679. The van der Waals surface area contributed by atoms with Crippen molar-refractivity contribution in [1.29, 1.82) is 0 Å². The molecule has 2 atom stereocenters. The van der Waals surface area contributed by atoms with E-state index in [1.807, 2.05) is 0 Å². The number of nitrogens with zero attached hydrogens (tertiary/aromatic N) is 2. The highest BCUT2D eigenvalue weighted by atomic mass is 15.3. The fourth-order valence-corrected chi connectivity index (χ4v) is 3.53. The molecule has 0 saturated carbocycles. The molecule has 1 N–H and O–H groups in total. The van der Waals surface area contributed by atoms with Crippen LogP contribution in [0.5, 0.6) is 0 Å². The Labute approximate surface area is 116 Å². The topological polar surface area (TPSA) is 18.5 Å². The van der Waals surface area contributed by atoms with Gasteiger partial charge in [-0.3, -0.25) is 9.80 Å². The first-order valence-electron chi connectivity index (χ1n) is 7.57. The maximum absolute atomic E-state index is 3.45. The molecule has 3 rings (SSSR count). The van der Waals surface area contributed by atoms with Crippen LogP contribution in [0.25, 0.3) is 0 Å². The van der Waals surface area contributed by atoms with E-state index in [1.54, 1.807) is 0 Å². The maximum atomic E-state index is 3.45. The van der Waals surface area contributed by atoms with Crippen molar-refractivity contribution < 1.29 is 0 Å². The van der Waals surface area contributed by atoms with E-state index in [2.05, 4.69) is 52.4 Å². The standard InChI is InChI=1S/C16H25N3/c1-14-16(18-11-8-17-9-12-18)7-10-19(14)13-15-5-3-2-4-6-15/h2-6,14,16-17H,7-13H2,1H3. The van der Waals surface area contributed by atoms with Crippen molar-refractivity contribution in [3.63, 3.8) is 0 Å². The van der Waals surface area contributed by atoms with Gasteiger partial charge in [0.15, 0.2) is 0 Å². The van der Waals surface area contributed by atoms with Crippen molar-refractivity contribution in [3.05, 3.63) is 35.9 Å². The Bertz CT molecular complexity index is 386. The molecule has 2 heterocycles. The van der Waals surface area contributed by atoms with Gasteiger partial charge in [-0.2, -0.15) is 0 Å². The van der Waals surface area contributed by atoms with E-state index in [-0.39, 0.29) is 0 Å². The Balaban J connectivity index is 1.60. The molecule has 0 aromatic heterocycles. The molecule has 3 heteroatoms. The van der Waals surface area contributed by atoms with E-state index in [9.17, 15) is 0 Å². The van der Waals surface area contributed by atoms with Crippen LogP contribution in [0, 0.1) is 0 Å². The second-order valence-corrected chi connectivity index (χ2v) is 5.84. The van der Waals surface area contributed by atoms with Crippen LogP contribution in [0.15, 0.2) is 30.3 Å². The van der Waals surface area contributed by atoms with Crippen molar-refractivity contribution in [2.45, 2.75) is 32.0 Å². The molecule has 104 valence electrons. The summed E-state index contributed by atoms with van der Waals surface area (Å²) in [4.78, 5) is 5.33. The highest BCUT2D eigenvalue weighted by Gasteiger charge is 2.34. The smallest absolute Gasteiger partial charge is 0.0262 e. The summed E-state index contributed by atoms with van der Waals surface area (Å²) in [5.74, 6) is 0. The highest BCUT2D eigenvalue weighted by Crippen LogP contribution is 2.24. The fourth-order valence-electron chi connectivity index (χ4n) is 3.53. The first-order chi connectivity index (χ1) is 9.34. The summed E-state index contributed by atoms with van der Waals surface area (Å²) in [6.45, 7) is 9.49. The summed E-state index contributed by atoms with van der Waals surface area (Å²) >= 11 is 0. The van der Waals surface area contributed by atoms with Crippen LogP contribution in [-0.4, -0.2) is 54.6 Å². The molecule has 2 aliphatic heterocycles. The number of rotatable bonds is 3. The zero-order chi connectivity index (χ0) is 13.1. The van der Waals surface area contributed by atoms with E-state index in [4.69, 9.17) is 0 Å². The van der Waals surface area contributed by atoms with Gasteiger partial charge in [-0.15, -0.1) is 0 Å². The number of hydrogen-bond donors (Lipinski definition) is 1. The number of likely N-dealkylation sites (tertiary alicyclic amines) is 1. The summed E-state index contributed by atoms with van der Waals surface area (Å²) < 4.78 is 0. The minimum Gasteiger partial charge on any atom is -0.314 e. The number of piperazine rings is 1. The summed E-state index contributed by atoms with van der Waals surface area (Å²) in [5, 5.41) is 3.45. The largest absolute Gasteiger partial charge is 0.314 e. The van der Waals surface area contributed by atoms with Crippen molar-refractivity contribution in [2.24, 2.45) is 0 Å².